The number of ether oxygens (including phenoxy) is 2. The molecule has 2 aromatic carbocycles. The summed E-state index contributed by atoms with van der Waals surface area (Å²) in [7, 11) is 0. The van der Waals surface area contributed by atoms with E-state index in [2.05, 4.69) is 4.98 Å². The van der Waals surface area contributed by atoms with Crippen molar-refractivity contribution in [2.45, 2.75) is 37.6 Å². The SMILES string of the molecule is [2H]C([2H])([2H])N1C(=O)c2cccc(OC(F)F)c2[C@H]2C[C@@H]1c1nc3ccc(-c4cnc5c(c4)OCC[C@@H]5N)cc3n12. The Labute approximate surface area is 214 Å². The van der Waals surface area contributed by atoms with Crippen molar-refractivity contribution in [1.29, 1.82) is 0 Å². The molecule has 3 aliphatic heterocycles. The number of benzene rings is 2. The quantitative estimate of drug-likeness (QED) is 0.436. The Bertz CT molecular complexity index is 1690. The lowest BCUT2D eigenvalue weighted by atomic mass is 9.97. The number of rotatable bonds is 3. The van der Waals surface area contributed by atoms with Crippen molar-refractivity contribution in [3.8, 4) is 22.6 Å². The highest BCUT2D eigenvalue weighted by Gasteiger charge is 2.45. The minimum absolute atomic E-state index is 0.0119. The van der Waals surface area contributed by atoms with Crippen molar-refractivity contribution < 1.29 is 27.2 Å². The van der Waals surface area contributed by atoms with Gasteiger partial charge in [0.25, 0.3) is 5.91 Å². The molecule has 0 saturated carbocycles. The van der Waals surface area contributed by atoms with Crippen LogP contribution in [0, 0.1) is 0 Å². The van der Waals surface area contributed by atoms with Crippen LogP contribution in [-0.4, -0.2) is 45.5 Å². The molecule has 0 unspecified atom stereocenters. The molecule has 2 bridgehead atoms. The van der Waals surface area contributed by atoms with E-state index < -0.39 is 31.6 Å². The molecule has 7 rings (SSSR count). The highest BCUT2D eigenvalue weighted by molar-refractivity contribution is 5.98. The summed E-state index contributed by atoms with van der Waals surface area (Å²) in [5.74, 6) is 0.0449. The van der Waals surface area contributed by atoms with Crippen LogP contribution >= 0.6 is 0 Å². The number of pyridine rings is 1. The number of alkyl halides is 2. The second kappa shape index (κ2) is 7.97. The molecule has 1 amide bonds. The second-order valence-electron chi connectivity index (χ2n) is 9.43. The van der Waals surface area contributed by atoms with Crippen LogP contribution in [0.2, 0.25) is 0 Å². The smallest absolute Gasteiger partial charge is 0.387 e. The third-order valence-electron chi connectivity index (χ3n) is 7.40. The van der Waals surface area contributed by atoms with Gasteiger partial charge in [-0.05, 0) is 35.9 Å². The van der Waals surface area contributed by atoms with Gasteiger partial charge < -0.3 is 24.7 Å². The molecule has 5 heterocycles. The largest absolute Gasteiger partial charge is 0.492 e. The Morgan fingerprint density at radius 1 is 1.22 bits per heavy atom. The van der Waals surface area contributed by atoms with E-state index in [9.17, 15) is 13.6 Å². The van der Waals surface area contributed by atoms with Crippen LogP contribution in [0.5, 0.6) is 11.5 Å². The number of carbonyl (C=O) groups is 1. The minimum atomic E-state index is -3.13. The Morgan fingerprint density at radius 2 is 2.11 bits per heavy atom. The van der Waals surface area contributed by atoms with Gasteiger partial charge in [0.15, 0.2) is 0 Å². The number of imidazole rings is 1. The van der Waals surface area contributed by atoms with Gasteiger partial charge in [0.1, 0.15) is 17.3 Å². The van der Waals surface area contributed by atoms with Gasteiger partial charge in [-0.15, -0.1) is 0 Å². The maximum atomic E-state index is 13.6. The van der Waals surface area contributed by atoms with Crippen molar-refractivity contribution in [2.75, 3.05) is 13.6 Å². The van der Waals surface area contributed by atoms with Gasteiger partial charge in [0.2, 0.25) is 0 Å². The van der Waals surface area contributed by atoms with E-state index in [-0.39, 0.29) is 29.3 Å². The summed E-state index contributed by atoms with van der Waals surface area (Å²) in [6.45, 7) is -5.42. The van der Waals surface area contributed by atoms with Crippen molar-refractivity contribution in [3.63, 3.8) is 0 Å². The zero-order chi connectivity index (χ0) is 27.9. The molecule has 0 aliphatic carbocycles. The summed E-state index contributed by atoms with van der Waals surface area (Å²) in [6, 6.07) is 9.91. The number of hydrogen-bond acceptors (Lipinski definition) is 6. The highest BCUT2D eigenvalue weighted by atomic mass is 19.3. The fraction of sp³-hybridized carbons (Fsp3) is 0.296. The number of hydrogen-bond donors (Lipinski definition) is 1. The lowest BCUT2D eigenvalue weighted by Crippen LogP contribution is -2.30. The maximum absolute atomic E-state index is 13.6. The van der Waals surface area contributed by atoms with Gasteiger partial charge in [0, 0.05) is 46.8 Å². The number of amides is 1. The molecule has 37 heavy (non-hydrogen) atoms. The number of halogens is 2. The molecule has 188 valence electrons. The first-order chi connectivity index (χ1) is 19.1. The van der Waals surface area contributed by atoms with Gasteiger partial charge in [-0.25, -0.2) is 4.98 Å². The average Bonchev–Trinajstić information content (AvgIpc) is 3.40. The number of aromatic nitrogens is 3. The van der Waals surface area contributed by atoms with E-state index in [4.69, 9.17) is 24.3 Å². The normalized spacial score (nSPS) is 23.5. The van der Waals surface area contributed by atoms with Gasteiger partial charge in [-0.2, -0.15) is 8.78 Å². The average molecular weight is 507 g/mol. The predicted octanol–water partition coefficient (Wildman–Crippen LogP) is 4.60. The highest BCUT2D eigenvalue weighted by Crippen LogP contribution is 2.50. The van der Waals surface area contributed by atoms with E-state index in [1.807, 2.05) is 22.8 Å². The molecule has 2 aromatic heterocycles. The Kier molecular flexibility index (Phi) is 4.12. The lowest BCUT2D eigenvalue weighted by Gasteiger charge is -2.24. The maximum Gasteiger partial charge on any atom is 0.387 e. The number of nitrogens with zero attached hydrogens (tertiary/aromatic N) is 4. The fourth-order valence-corrected chi connectivity index (χ4v) is 5.73. The molecule has 2 N–H and O–H groups in total. The Balaban J connectivity index is 1.43. The van der Waals surface area contributed by atoms with Gasteiger partial charge >= 0.3 is 6.61 Å². The van der Waals surface area contributed by atoms with Crippen molar-refractivity contribution in [3.05, 3.63) is 71.3 Å². The van der Waals surface area contributed by atoms with Gasteiger partial charge in [0.05, 0.1) is 41.5 Å². The minimum Gasteiger partial charge on any atom is -0.492 e. The molecule has 8 nitrogen and oxygen atoms in total. The molecule has 3 aliphatic rings. The van der Waals surface area contributed by atoms with E-state index in [0.717, 1.165) is 16.0 Å². The molecule has 0 saturated heterocycles. The Morgan fingerprint density at radius 3 is 2.95 bits per heavy atom. The van der Waals surface area contributed by atoms with Crippen LogP contribution in [0.15, 0.2) is 48.7 Å². The summed E-state index contributed by atoms with van der Waals surface area (Å²) in [4.78, 5) is 23.7. The topological polar surface area (TPSA) is 95.5 Å². The zero-order valence-electron chi connectivity index (χ0n) is 22.4. The third kappa shape index (κ3) is 3.25. The Hall–Kier alpha value is -4.05. The van der Waals surface area contributed by atoms with Crippen LogP contribution in [0.4, 0.5) is 8.78 Å². The van der Waals surface area contributed by atoms with Gasteiger partial charge in [-0.3, -0.25) is 9.78 Å². The first-order valence-corrected chi connectivity index (χ1v) is 11.9. The molecular formula is C27H23F2N5O3. The summed E-state index contributed by atoms with van der Waals surface area (Å²) in [5, 5.41) is 0. The molecule has 10 heteroatoms. The van der Waals surface area contributed by atoms with Gasteiger partial charge in [-0.1, -0.05) is 12.1 Å². The molecule has 0 spiro atoms. The monoisotopic (exact) mass is 506 g/mol. The van der Waals surface area contributed by atoms with E-state index in [1.54, 1.807) is 12.3 Å². The summed E-state index contributed by atoms with van der Waals surface area (Å²) in [5.41, 5.74) is 9.91. The third-order valence-corrected chi connectivity index (χ3v) is 7.40. The van der Waals surface area contributed by atoms with Crippen molar-refractivity contribution >= 4 is 16.9 Å². The van der Waals surface area contributed by atoms with E-state index >= 15 is 0 Å². The first kappa shape index (κ1) is 19.1. The molecule has 0 radical (unpaired) electrons. The molecule has 4 aromatic rings. The predicted molar refractivity (Wildman–Crippen MR) is 131 cm³/mol. The molecule has 0 fully saturated rings. The number of nitrogens with two attached hydrogens (primary N) is 1. The second-order valence-corrected chi connectivity index (χ2v) is 9.43. The van der Waals surface area contributed by atoms with Crippen LogP contribution in [0.25, 0.3) is 22.2 Å². The van der Waals surface area contributed by atoms with E-state index in [0.29, 0.717) is 41.3 Å². The standard InChI is InChI=1S/C27H23F2N5O3/c1-33-20-11-19(23-15(26(33)35)3-2-4-21(23)37-27(28)29)34-18-9-13(5-6-17(18)32-25(20)34)14-10-22-24(31-12-14)16(30)7-8-36-22/h2-6,9-10,12,16,19-20,27H,7-8,11,30H2,1H3/t16-,19+,20+/m0/s1/i1D3. The van der Waals surface area contributed by atoms with Crippen LogP contribution in [0.3, 0.4) is 0 Å². The van der Waals surface area contributed by atoms with Crippen molar-refractivity contribution in [2.24, 2.45) is 5.73 Å². The molecule has 3 atom stereocenters. The lowest BCUT2D eigenvalue weighted by molar-refractivity contribution is -0.0507. The number of fused-ring (bicyclic) bond motifs is 10. The molecular weight excluding hydrogens is 480 g/mol. The first-order valence-electron chi connectivity index (χ1n) is 13.4. The summed E-state index contributed by atoms with van der Waals surface area (Å²) in [6.07, 6.45) is 2.55. The fourth-order valence-electron chi connectivity index (χ4n) is 5.73. The number of carbonyl (C=O) groups excluding carboxylic acids is 1. The van der Waals surface area contributed by atoms with E-state index in [1.165, 1.54) is 18.2 Å². The summed E-state index contributed by atoms with van der Waals surface area (Å²) >= 11 is 0. The zero-order valence-corrected chi connectivity index (χ0v) is 19.4. The summed E-state index contributed by atoms with van der Waals surface area (Å²) < 4.78 is 63.7. The van der Waals surface area contributed by atoms with Crippen LogP contribution in [0.1, 0.15) is 62.5 Å². The van der Waals surface area contributed by atoms with Crippen LogP contribution in [-0.2, 0) is 0 Å². The van der Waals surface area contributed by atoms with Crippen molar-refractivity contribution in [1.82, 2.24) is 19.4 Å². The van der Waals surface area contributed by atoms with Crippen LogP contribution < -0.4 is 15.2 Å².